The molecule has 0 amide bonds. The Labute approximate surface area is 159 Å². The molecule has 0 fully saturated rings. The first kappa shape index (κ1) is 17.7. The number of nitrogens with one attached hydrogen (secondary N) is 2. The second kappa shape index (κ2) is 7.15. The van der Waals surface area contributed by atoms with Gasteiger partial charge in [-0.15, -0.1) is 0 Å². The molecule has 2 heterocycles. The minimum atomic E-state index is -0.701. The predicted octanol–water partition coefficient (Wildman–Crippen LogP) is 4.66. The lowest BCUT2D eigenvalue weighted by Gasteiger charge is -2.09. The summed E-state index contributed by atoms with van der Waals surface area (Å²) in [7, 11) is 3.16. The highest BCUT2D eigenvalue weighted by molar-refractivity contribution is 5.93. The standard InChI is InChI=1S/C20H16F2N4O2/c1-27-12-4-5-13(17(10-12)28-2)19-14-6-8-18(24-20(14)26-25-19)23-16-7-3-11(21)9-15(16)22/h3-10H,1-2H3,(H2,23,24,25,26). The Hall–Kier alpha value is -3.68. The lowest BCUT2D eigenvalue weighted by Crippen LogP contribution is -1.97. The smallest absolute Gasteiger partial charge is 0.183 e. The molecule has 0 saturated heterocycles. The van der Waals surface area contributed by atoms with Crippen molar-refractivity contribution in [1.29, 1.82) is 0 Å². The summed E-state index contributed by atoms with van der Waals surface area (Å²) in [5, 5.41) is 10.8. The number of hydrogen-bond acceptors (Lipinski definition) is 5. The van der Waals surface area contributed by atoms with E-state index in [0.717, 1.165) is 22.7 Å². The van der Waals surface area contributed by atoms with Crippen LogP contribution in [0, 0.1) is 11.6 Å². The van der Waals surface area contributed by atoms with Crippen LogP contribution < -0.4 is 14.8 Å². The summed E-state index contributed by atoms with van der Waals surface area (Å²) in [6.45, 7) is 0. The van der Waals surface area contributed by atoms with E-state index in [4.69, 9.17) is 9.47 Å². The van der Waals surface area contributed by atoms with Crippen LogP contribution in [0.1, 0.15) is 0 Å². The summed E-state index contributed by atoms with van der Waals surface area (Å²) in [6.07, 6.45) is 0. The van der Waals surface area contributed by atoms with Crippen molar-refractivity contribution in [3.8, 4) is 22.8 Å². The first-order chi connectivity index (χ1) is 13.6. The average Bonchev–Trinajstić information content (AvgIpc) is 3.12. The zero-order valence-corrected chi connectivity index (χ0v) is 15.1. The van der Waals surface area contributed by atoms with Crippen molar-refractivity contribution in [2.45, 2.75) is 0 Å². The van der Waals surface area contributed by atoms with Crippen LogP contribution in [0.25, 0.3) is 22.3 Å². The van der Waals surface area contributed by atoms with Gasteiger partial charge in [-0.05, 0) is 36.4 Å². The third-order valence-corrected chi connectivity index (χ3v) is 4.29. The van der Waals surface area contributed by atoms with Crippen molar-refractivity contribution in [2.24, 2.45) is 0 Å². The van der Waals surface area contributed by atoms with Crippen molar-refractivity contribution in [1.82, 2.24) is 15.2 Å². The number of ether oxygens (including phenoxy) is 2. The molecular formula is C20H16F2N4O2. The number of nitrogens with zero attached hydrogens (tertiary/aromatic N) is 2. The van der Waals surface area contributed by atoms with E-state index in [1.54, 1.807) is 26.4 Å². The fraction of sp³-hybridized carbons (Fsp3) is 0.100. The van der Waals surface area contributed by atoms with Crippen LogP contribution in [0.2, 0.25) is 0 Å². The lowest BCUT2D eigenvalue weighted by atomic mass is 10.1. The van der Waals surface area contributed by atoms with Crippen LogP contribution in [0.5, 0.6) is 11.5 Å². The molecule has 4 rings (SSSR count). The molecule has 6 nitrogen and oxygen atoms in total. The Bertz CT molecular complexity index is 1160. The van der Waals surface area contributed by atoms with E-state index in [1.165, 1.54) is 12.1 Å². The summed E-state index contributed by atoms with van der Waals surface area (Å²) in [4.78, 5) is 4.39. The normalized spacial score (nSPS) is 10.9. The molecule has 0 bridgehead atoms. The van der Waals surface area contributed by atoms with Gasteiger partial charge in [0.25, 0.3) is 0 Å². The minimum Gasteiger partial charge on any atom is -0.497 e. The van der Waals surface area contributed by atoms with Crippen molar-refractivity contribution in [3.05, 3.63) is 60.2 Å². The number of fused-ring (bicyclic) bond motifs is 1. The number of H-pyrrole nitrogens is 1. The van der Waals surface area contributed by atoms with Crippen molar-refractivity contribution in [2.75, 3.05) is 19.5 Å². The van der Waals surface area contributed by atoms with Crippen LogP contribution >= 0.6 is 0 Å². The fourth-order valence-corrected chi connectivity index (χ4v) is 2.91. The van der Waals surface area contributed by atoms with E-state index in [2.05, 4.69) is 20.5 Å². The van der Waals surface area contributed by atoms with Crippen LogP contribution in [0.4, 0.5) is 20.3 Å². The second-order valence-corrected chi connectivity index (χ2v) is 5.98. The maximum atomic E-state index is 13.8. The Morgan fingerprint density at radius 2 is 1.82 bits per heavy atom. The topological polar surface area (TPSA) is 72.1 Å². The number of aromatic amines is 1. The first-order valence-corrected chi connectivity index (χ1v) is 8.38. The number of benzene rings is 2. The van der Waals surface area contributed by atoms with Crippen LogP contribution in [-0.2, 0) is 0 Å². The lowest BCUT2D eigenvalue weighted by molar-refractivity contribution is 0.395. The minimum absolute atomic E-state index is 0.126. The van der Waals surface area contributed by atoms with E-state index in [-0.39, 0.29) is 5.69 Å². The van der Waals surface area contributed by atoms with E-state index < -0.39 is 11.6 Å². The molecule has 0 aliphatic heterocycles. The molecule has 2 aromatic carbocycles. The number of halogens is 2. The van der Waals surface area contributed by atoms with Gasteiger partial charge in [-0.25, -0.2) is 13.8 Å². The van der Waals surface area contributed by atoms with Gasteiger partial charge in [0.05, 0.1) is 25.6 Å². The Morgan fingerprint density at radius 1 is 0.964 bits per heavy atom. The molecule has 0 saturated carbocycles. The quantitative estimate of drug-likeness (QED) is 0.525. The Morgan fingerprint density at radius 3 is 2.57 bits per heavy atom. The molecule has 142 valence electrons. The summed E-state index contributed by atoms with van der Waals surface area (Å²) in [5.41, 5.74) is 2.11. The molecule has 4 aromatic rings. The highest BCUT2D eigenvalue weighted by Gasteiger charge is 2.15. The van der Waals surface area contributed by atoms with E-state index in [0.29, 0.717) is 23.0 Å². The highest BCUT2D eigenvalue weighted by atomic mass is 19.1. The molecule has 2 N–H and O–H groups in total. The Balaban J connectivity index is 1.71. The molecule has 0 radical (unpaired) electrons. The zero-order valence-electron chi connectivity index (χ0n) is 15.1. The third kappa shape index (κ3) is 3.20. The molecule has 2 aromatic heterocycles. The highest BCUT2D eigenvalue weighted by Crippen LogP contribution is 2.36. The van der Waals surface area contributed by atoms with Gasteiger partial charge in [-0.2, -0.15) is 5.10 Å². The van der Waals surface area contributed by atoms with Gasteiger partial charge >= 0.3 is 0 Å². The third-order valence-electron chi connectivity index (χ3n) is 4.29. The number of aromatic nitrogens is 3. The number of pyridine rings is 1. The van der Waals surface area contributed by atoms with Gasteiger partial charge in [-0.3, -0.25) is 5.10 Å². The molecule has 0 atom stereocenters. The van der Waals surface area contributed by atoms with Crippen molar-refractivity contribution >= 4 is 22.5 Å². The Kier molecular flexibility index (Phi) is 4.52. The first-order valence-electron chi connectivity index (χ1n) is 8.38. The van der Waals surface area contributed by atoms with Crippen LogP contribution in [0.15, 0.2) is 48.5 Å². The number of methoxy groups -OCH3 is 2. The van der Waals surface area contributed by atoms with E-state index >= 15 is 0 Å². The predicted molar refractivity (Wildman–Crippen MR) is 102 cm³/mol. The van der Waals surface area contributed by atoms with E-state index in [1.807, 2.05) is 18.2 Å². The molecule has 0 aliphatic carbocycles. The van der Waals surface area contributed by atoms with Crippen LogP contribution in [-0.4, -0.2) is 29.4 Å². The number of anilines is 2. The maximum absolute atomic E-state index is 13.8. The van der Waals surface area contributed by atoms with Gasteiger partial charge < -0.3 is 14.8 Å². The molecule has 0 spiro atoms. The van der Waals surface area contributed by atoms with Gasteiger partial charge in [0.2, 0.25) is 0 Å². The monoisotopic (exact) mass is 382 g/mol. The molecule has 0 aliphatic rings. The molecule has 0 unspecified atom stereocenters. The van der Waals surface area contributed by atoms with Crippen molar-refractivity contribution < 1.29 is 18.3 Å². The van der Waals surface area contributed by atoms with Crippen LogP contribution in [0.3, 0.4) is 0 Å². The zero-order chi connectivity index (χ0) is 19.7. The average molecular weight is 382 g/mol. The van der Waals surface area contributed by atoms with Crippen molar-refractivity contribution in [3.63, 3.8) is 0 Å². The summed E-state index contributed by atoms with van der Waals surface area (Å²) in [6, 6.07) is 12.3. The van der Waals surface area contributed by atoms with E-state index in [9.17, 15) is 8.78 Å². The molecular weight excluding hydrogens is 366 g/mol. The summed E-state index contributed by atoms with van der Waals surface area (Å²) < 4.78 is 37.6. The second-order valence-electron chi connectivity index (χ2n) is 5.98. The molecule has 8 heteroatoms. The van der Waals surface area contributed by atoms with Gasteiger partial charge in [-0.1, -0.05) is 0 Å². The largest absolute Gasteiger partial charge is 0.497 e. The molecule has 28 heavy (non-hydrogen) atoms. The van der Waals surface area contributed by atoms with Gasteiger partial charge in [0.15, 0.2) is 5.65 Å². The summed E-state index contributed by atoms with van der Waals surface area (Å²) >= 11 is 0. The fourth-order valence-electron chi connectivity index (χ4n) is 2.91. The SMILES string of the molecule is COc1ccc(-c2[nH]nc3nc(Nc4ccc(F)cc4F)ccc23)c(OC)c1. The number of rotatable bonds is 5. The van der Waals surface area contributed by atoms with Gasteiger partial charge in [0, 0.05) is 23.1 Å². The van der Waals surface area contributed by atoms with Gasteiger partial charge in [0.1, 0.15) is 29.0 Å². The maximum Gasteiger partial charge on any atom is 0.183 e. The summed E-state index contributed by atoms with van der Waals surface area (Å²) in [5.74, 6) is 0.345. The number of hydrogen-bond donors (Lipinski definition) is 2.